The van der Waals surface area contributed by atoms with E-state index in [1.807, 2.05) is 12.1 Å². The summed E-state index contributed by atoms with van der Waals surface area (Å²) in [5, 5.41) is 8.62. The van der Waals surface area contributed by atoms with E-state index in [0.29, 0.717) is 11.7 Å². The van der Waals surface area contributed by atoms with Crippen molar-refractivity contribution in [2.45, 2.75) is 25.3 Å². The van der Waals surface area contributed by atoms with Crippen LogP contribution in [0.5, 0.6) is 5.75 Å². The molecule has 0 aromatic heterocycles. The Morgan fingerprint density at radius 1 is 1.44 bits per heavy atom. The third-order valence-corrected chi connectivity index (χ3v) is 2.81. The zero-order valence-corrected chi connectivity index (χ0v) is 9.81. The monoisotopic (exact) mass is 218 g/mol. The zero-order valence-electron chi connectivity index (χ0n) is 9.81. The first-order chi connectivity index (χ1) is 7.70. The lowest BCUT2D eigenvalue weighted by atomic mass is 10.0. The second-order valence-corrected chi connectivity index (χ2v) is 4.60. The summed E-state index contributed by atoms with van der Waals surface area (Å²) in [7, 11) is 4.88. The second-order valence-electron chi connectivity index (χ2n) is 4.60. The molecule has 0 bridgehead atoms. The van der Waals surface area contributed by atoms with Crippen molar-refractivity contribution in [3.05, 3.63) is 29.3 Å². The molecule has 1 radical (unpaired) electrons. The molecule has 4 heteroatoms. The van der Waals surface area contributed by atoms with E-state index in [9.17, 15) is 0 Å². The highest BCUT2D eigenvalue weighted by molar-refractivity contribution is 6.17. The molecule has 16 heavy (non-hydrogen) atoms. The Morgan fingerprint density at radius 3 is 2.75 bits per heavy atom. The summed E-state index contributed by atoms with van der Waals surface area (Å²) in [6.45, 7) is 0.953. The van der Waals surface area contributed by atoms with Gasteiger partial charge in [0.1, 0.15) is 5.75 Å². The van der Waals surface area contributed by atoms with Gasteiger partial charge in [-0.1, -0.05) is 6.07 Å². The summed E-state index contributed by atoms with van der Waals surface area (Å²) in [6.07, 6.45) is 2.54. The van der Waals surface area contributed by atoms with E-state index in [4.69, 9.17) is 9.68 Å². The second kappa shape index (κ2) is 4.89. The van der Waals surface area contributed by atoms with Crippen molar-refractivity contribution in [2.24, 2.45) is 0 Å². The van der Waals surface area contributed by atoms with Gasteiger partial charge in [0.05, 0.1) is 0 Å². The average Bonchev–Trinajstić information content (AvgIpc) is 3.03. The maximum atomic E-state index is 8.62. The smallest absolute Gasteiger partial charge is 0.537 e. The van der Waals surface area contributed by atoms with Crippen molar-refractivity contribution in [3.8, 4) is 5.75 Å². The lowest BCUT2D eigenvalue weighted by Gasteiger charge is -2.15. The van der Waals surface area contributed by atoms with Gasteiger partial charge in [0, 0.05) is 6.54 Å². The molecule has 1 aromatic rings. The Hall–Kier alpha value is -0.995. The summed E-state index contributed by atoms with van der Waals surface area (Å²) < 4.78 is 5.00. The van der Waals surface area contributed by atoms with Crippen molar-refractivity contribution < 1.29 is 9.68 Å². The van der Waals surface area contributed by atoms with E-state index in [1.165, 1.54) is 24.0 Å². The fraction of sp³-hybridized carbons (Fsp3) is 0.500. The number of hydrogen-bond acceptors (Lipinski definition) is 3. The predicted octanol–water partition coefficient (Wildman–Crippen LogP) is 1.53. The number of hydrogen-bond donors (Lipinski definition) is 1. The van der Waals surface area contributed by atoms with Crippen LogP contribution in [-0.4, -0.2) is 31.7 Å². The topological polar surface area (TPSA) is 32.7 Å². The molecular weight excluding hydrogens is 201 g/mol. The van der Waals surface area contributed by atoms with Gasteiger partial charge in [0.25, 0.3) is 0 Å². The van der Waals surface area contributed by atoms with E-state index < -0.39 is 0 Å². The highest BCUT2D eigenvalue weighted by Crippen LogP contribution is 2.43. The van der Waals surface area contributed by atoms with Gasteiger partial charge in [-0.25, -0.2) is 0 Å². The van der Waals surface area contributed by atoms with Gasteiger partial charge in [-0.2, -0.15) is 0 Å². The van der Waals surface area contributed by atoms with Crippen LogP contribution in [-0.2, 0) is 6.54 Å². The van der Waals surface area contributed by atoms with Gasteiger partial charge >= 0.3 is 7.69 Å². The highest BCUT2D eigenvalue weighted by atomic mass is 16.5. The molecule has 1 fully saturated rings. The molecule has 1 aliphatic rings. The maximum Gasteiger partial charge on any atom is 0.569 e. The molecule has 0 unspecified atom stereocenters. The third-order valence-electron chi connectivity index (χ3n) is 2.81. The van der Waals surface area contributed by atoms with Crippen molar-refractivity contribution in [3.63, 3.8) is 0 Å². The van der Waals surface area contributed by atoms with Crippen LogP contribution in [0, 0.1) is 0 Å². The molecule has 2 rings (SSSR count). The van der Waals surface area contributed by atoms with Crippen LogP contribution in [0.3, 0.4) is 0 Å². The Kier molecular flexibility index (Phi) is 3.51. The molecule has 1 aromatic carbocycles. The average molecular weight is 218 g/mol. The van der Waals surface area contributed by atoms with Gasteiger partial charge in [-0.15, -0.1) is 0 Å². The summed E-state index contributed by atoms with van der Waals surface area (Å²) in [5.74, 6) is 1.41. The van der Waals surface area contributed by atoms with Crippen LogP contribution in [0.2, 0.25) is 0 Å². The molecule has 1 N–H and O–H groups in total. The molecule has 3 nitrogen and oxygen atoms in total. The minimum Gasteiger partial charge on any atom is -0.537 e. The molecule has 0 heterocycles. The van der Waals surface area contributed by atoms with E-state index in [-0.39, 0.29) is 0 Å². The largest absolute Gasteiger partial charge is 0.569 e. The molecule has 0 aliphatic heterocycles. The molecule has 1 aliphatic carbocycles. The molecule has 0 atom stereocenters. The molecular formula is C12H17BNO2. The van der Waals surface area contributed by atoms with Crippen LogP contribution < -0.4 is 4.65 Å². The van der Waals surface area contributed by atoms with Gasteiger partial charge in [-0.3, -0.25) is 0 Å². The lowest BCUT2D eigenvalue weighted by Crippen LogP contribution is -2.12. The molecule has 1 saturated carbocycles. The fourth-order valence-corrected chi connectivity index (χ4v) is 1.97. The molecule has 0 amide bonds. The van der Waals surface area contributed by atoms with Gasteiger partial charge < -0.3 is 14.6 Å². The Bertz CT molecular complexity index is 364. The van der Waals surface area contributed by atoms with Gasteiger partial charge in [0.15, 0.2) is 0 Å². The first-order valence-corrected chi connectivity index (χ1v) is 5.61. The summed E-state index contributed by atoms with van der Waals surface area (Å²) in [5.41, 5.74) is 2.73. The van der Waals surface area contributed by atoms with Crippen LogP contribution in [0.25, 0.3) is 0 Å². The normalized spacial score (nSPS) is 15.2. The van der Waals surface area contributed by atoms with E-state index >= 15 is 0 Å². The summed E-state index contributed by atoms with van der Waals surface area (Å²) >= 11 is 0. The predicted molar refractivity (Wildman–Crippen MR) is 64.4 cm³/mol. The van der Waals surface area contributed by atoms with Crippen LogP contribution >= 0.6 is 0 Å². The third kappa shape index (κ3) is 2.77. The Labute approximate surface area is 97.3 Å². The van der Waals surface area contributed by atoms with Crippen LogP contribution in [0.15, 0.2) is 18.2 Å². The minimum absolute atomic E-state index is 0.692. The number of nitrogens with zero attached hydrogens (tertiary/aromatic N) is 1. The van der Waals surface area contributed by atoms with Crippen molar-refractivity contribution in [1.82, 2.24) is 4.90 Å². The number of benzene rings is 1. The Morgan fingerprint density at radius 2 is 2.19 bits per heavy atom. The van der Waals surface area contributed by atoms with E-state index in [1.54, 1.807) is 0 Å². The minimum atomic E-state index is 0.692. The SMILES string of the molecule is CN(C)Cc1ccc(O[B]O)cc1C1CC1. The fourth-order valence-electron chi connectivity index (χ4n) is 1.97. The maximum absolute atomic E-state index is 8.62. The standard InChI is InChI=1S/C12H17BNO2/c1-14(2)8-10-5-6-11(16-13-15)7-12(10)9-3-4-9/h5-7,9,15H,3-4,8H2,1-2H3. The quantitative estimate of drug-likeness (QED) is 0.760. The lowest BCUT2D eigenvalue weighted by molar-refractivity contribution is 0.400. The summed E-state index contributed by atoms with van der Waals surface area (Å²) in [4.78, 5) is 2.17. The highest BCUT2D eigenvalue weighted by Gasteiger charge is 2.26. The first kappa shape index (κ1) is 11.5. The van der Waals surface area contributed by atoms with Crippen LogP contribution in [0.1, 0.15) is 29.9 Å². The van der Waals surface area contributed by atoms with Gasteiger partial charge in [0.2, 0.25) is 0 Å². The molecule has 0 saturated heterocycles. The molecule has 0 spiro atoms. The number of rotatable bonds is 5. The summed E-state index contributed by atoms with van der Waals surface area (Å²) in [6, 6.07) is 6.03. The van der Waals surface area contributed by atoms with E-state index in [0.717, 1.165) is 14.2 Å². The molecule has 85 valence electrons. The van der Waals surface area contributed by atoms with Crippen LogP contribution in [0.4, 0.5) is 0 Å². The Balaban J connectivity index is 2.22. The van der Waals surface area contributed by atoms with E-state index in [2.05, 4.69) is 25.1 Å². The van der Waals surface area contributed by atoms with Gasteiger partial charge in [-0.05, 0) is 56.1 Å². The first-order valence-electron chi connectivity index (χ1n) is 5.61. The van der Waals surface area contributed by atoms with Crippen molar-refractivity contribution >= 4 is 7.69 Å². The van der Waals surface area contributed by atoms with Crippen molar-refractivity contribution in [2.75, 3.05) is 14.1 Å². The van der Waals surface area contributed by atoms with Crippen molar-refractivity contribution in [1.29, 1.82) is 0 Å². The zero-order chi connectivity index (χ0) is 11.5.